The van der Waals surface area contributed by atoms with Crippen LogP contribution in [0.5, 0.6) is 0 Å². The van der Waals surface area contributed by atoms with Gasteiger partial charge in [0.25, 0.3) is 0 Å². The molecular weight excluding hydrogens is 238 g/mol. The average Bonchev–Trinajstić information content (AvgIpc) is 2.27. The van der Waals surface area contributed by atoms with Crippen LogP contribution in [-0.2, 0) is 0 Å². The van der Waals surface area contributed by atoms with Gasteiger partial charge in [0, 0.05) is 18.8 Å². The molecule has 3 nitrogen and oxygen atoms in total. The summed E-state index contributed by atoms with van der Waals surface area (Å²) in [6.07, 6.45) is 1.01. The van der Waals surface area contributed by atoms with E-state index in [0.29, 0.717) is 0 Å². The van der Waals surface area contributed by atoms with E-state index in [2.05, 4.69) is 15.6 Å². The van der Waals surface area contributed by atoms with Gasteiger partial charge in [-0.15, -0.1) is 0 Å². The van der Waals surface area contributed by atoms with Crippen LogP contribution < -0.4 is 10.6 Å². The van der Waals surface area contributed by atoms with Gasteiger partial charge in [-0.25, -0.2) is 0 Å². The Hall–Kier alpha value is -1.07. The van der Waals surface area contributed by atoms with E-state index < -0.39 is 0 Å². The first-order chi connectivity index (χ1) is 7.84. The molecule has 1 aromatic rings. The van der Waals surface area contributed by atoms with Gasteiger partial charge in [0.2, 0.25) is 0 Å². The van der Waals surface area contributed by atoms with Crippen molar-refractivity contribution in [2.75, 3.05) is 18.4 Å². The predicted octanol–water partition coefficient (Wildman–Crippen LogP) is 2.47. The van der Waals surface area contributed by atoms with Crippen LogP contribution in [0.1, 0.15) is 6.42 Å². The molecular formula is C11H13N3S2. The van der Waals surface area contributed by atoms with E-state index in [9.17, 15) is 0 Å². The minimum absolute atomic E-state index is 0.780. The van der Waals surface area contributed by atoms with E-state index in [4.69, 9.17) is 12.2 Å². The summed E-state index contributed by atoms with van der Waals surface area (Å²) in [6, 6.07) is 10.0. The van der Waals surface area contributed by atoms with E-state index in [1.807, 2.05) is 30.3 Å². The highest BCUT2D eigenvalue weighted by atomic mass is 32.2. The number of hydrogen-bond donors (Lipinski definition) is 2. The van der Waals surface area contributed by atoms with E-state index in [1.165, 1.54) is 11.8 Å². The maximum atomic E-state index is 5.18. The van der Waals surface area contributed by atoms with Gasteiger partial charge < -0.3 is 10.6 Å². The summed E-state index contributed by atoms with van der Waals surface area (Å²) in [4.78, 5) is 4.47. The van der Waals surface area contributed by atoms with E-state index in [0.717, 1.165) is 34.7 Å². The average molecular weight is 251 g/mol. The van der Waals surface area contributed by atoms with Crippen LogP contribution in [-0.4, -0.2) is 22.6 Å². The molecule has 1 heterocycles. The lowest BCUT2D eigenvalue weighted by atomic mass is 10.3. The van der Waals surface area contributed by atoms with E-state index in [1.54, 1.807) is 0 Å². The minimum Gasteiger partial charge on any atom is -0.371 e. The second-order valence-electron chi connectivity index (χ2n) is 3.35. The number of para-hydroxylation sites is 1. The number of benzene rings is 1. The van der Waals surface area contributed by atoms with Crippen molar-refractivity contribution in [1.82, 2.24) is 5.32 Å². The Kier molecular flexibility index (Phi) is 4.18. The molecule has 0 amide bonds. The summed E-state index contributed by atoms with van der Waals surface area (Å²) < 4.78 is 0.780. The van der Waals surface area contributed by atoms with E-state index >= 15 is 0 Å². The molecule has 0 atom stereocenters. The smallest absolute Gasteiger partial charge is 0.168 e. The van der Waals surface area contributed by atoms with Crippen molar-refractivity contribution in [3.8, 4) is 0 Å². The fraction of sp³-hybridized carbons (Fsp3) is 0.273. The highest BCUT2D eigenvalue weighted by molar-refractivity contribution is 8.33. The summed E-state index contributed by atoms with van der Waals surface area (Å²) in [5, 5.41) is 7.30. The van der Waals surface area contributed by atoms with Crippen molar-refractivity contribution in [3.05, 3.63) is 30.3 Å². The van der Waals surface area contributed by atoms with Crippen molar-refractivity contribution < 1.29 is 0 Å². The Labute approximate surface area is 105 Å². The fourth-order valence-electron chi connectivity index (χ4n) is 1.32. The molecule has 0 aliphatic carbocycles. The molecule has 0 unspecified atom stereocenters. The third-order valence-electron chi connectivity index (χ3n) is 2.07. The Morgan fingerprint density at radius 3 is 2.94 bits per heavy atom. The van der Waals surface area contributed by atoms with Gasteiger partial charge in [0.05, 0.1) is 0 Å². The molecule has 16 heavy (non-hydrogen) atoms. The lowest BCUT2D eigenvalue weighted by Crippen LogP contribution is -2.25. The first kappa shape index (κ1) is 11.4. The Morgan fingerprint density at radius 1 is 1.31 bits per heavy atom. The second-order valence-corrected chi connectivity index (χ2v) is 5.01. The van der Waals surface area contributed by atoms with Crippen LogP contribution in [0.4, 0.5) is 5.69 Å². The topological polar surface area (TPSA) is 36.4 Å². The van der Waals surface area contributed by atoms with Crippen molar-refractivity contribution in [2.24, 2.45) is 4.99 Å². The number of thioether (sulfide) groups is 1. The molecule has 1 aliphatic rings. The zero-order valence-corrected chi connectivity index (χ0v) is 10.4. The fourth-order valence-corrected chi connectivity index (χ4v) is 2.33. The first-order valence-electron chi connectivity index (χ1n) is 5.17. The van der Waals surface area contributed by atoms with Crippen molar-refractivity contribution in [3.63, 3.8) is 0 Å². The normalized spacial score (nSPS) is 16.8. The lowest BCUT2D eigenvalue weighted by Gasteiger charge is -2.14. The number of nitrogens with zero attached hydrogens (tertiary/aromatic N) is 1. The first-order valence-corrected chi connectivity index (χ1v) is 6.39. The monoisotopic (exact) mass is 251 g/mol. The number of amidine groups is 1. The van der Waals surface area contributed by atoms with Gasteiger partial charge in [0.1, 0.15) is 4.32 Å². The number of anilines is 1. The van der Waals surface area contributed by atoms with Crippen LogP contribution in [0.15, 0.2) is 35.3 Å². The highest BCUT2D eigenvalue weighted by Crippen LogP contribution is 2.13. The lowest BCUT2D eigenvalue weighted by molar-refractivity contribution is 0.793. The second kappa shape index (κ2) is 5.86. The molecule has 0 spiro atoms. The third kappa shape index (κ3) is 3.50. The number of nitrogens with one attached hydrogen (secondary N) is 2. The predicted molar refractivity (Wildman–Crippen MR) is 75.2 cm³/mol. The zero-order chi connectivity index (χ0) is 11.2. The van der Waals surface area contributed by atoms with Crippen LogP contribution in [0.2, 0.25) is 0 Å². The van der Waals surface area contributed by atoms with Crippen LogP contribution in [0.3, 0.4) is 0 Å². The van der Waals surface area contributed by atoms with Gasteiger partial charge in [-0.05, 0) is 30.3 Å². The van der Waals surface area contributed by atoms with Gasteiger partial charge in [0.15, 0.2) is 5.17 Å². The third-order valence-corrected chi connectivity index (χ3v) is 3.22. The van der Waals surface area contributed by atoms with Crippen LogP contribution in [0.25, 0.3) is 0 Å². The summed E-state index contributed by atoms with van der Waals surface area (Å²) in [5.41, 5.74) is 1.04. The number of aliphatic imine (C=N–C) groups is 1. The van der Waals surface area contributed by atoms with Gasteiger partial charge in [-0.3, -0.25) is 4.99 Å². The molecule has 1 aliphatic heterocycles. The molecule has 5 heteroatoms. The summed E-state index contributed by atoms with van der Waals surface area (Å²) >= 11 is 6.65. The van der Waals surface area contributed by atoms with Crippen molar-refractivity contribution >= 4 is 39.2 Å². The standard InChI is InChI=1S/C11H13N3S2/c15-11-13-8-4-7-12-10(16-11)14-9-5-2-1-3-6-9/h1-3,5-6H,4,7-8H2,(H,12,14)(H,13,15). The summed E-state index contributed by atoms with van der Waals surface area (Å²) in [7, 11) is 0. The maximum absolute atomic E-state index is 5.18. The van der Waals surface area contributed by atoms with Crippen LogP contribution >= 0.6 is 24.0 Å². The summed E-state index contributed by atoms with van der Waals surface area (Å²) in [5.74, 6) is 0. The molecule has 0 bridgehead atoms. The van der Waals surface area contributed by atoms with E-state index in [-0.39, 0.29) is 0 Å². The van der Waals surface area contributed by atoms with Crippen molar-refractivity contribution in [2.45, 2.75) is 6.42 Å². The number of thiocarbonyl (C=S) groups is 1. The molecule has 2 N–H and O–H groups in total. The number of rotatable bonds is 1. The van der Waals surface area contributed by atoms with Gasteiger partial charge in [-0.1, -0.05) is 30.4 Å². The Morgan fingerprint density at radius 2 is 2.12 bits per heavy atom. The van der Waals surface area contributed by atoms with Crippen molar-refractivity contribution in [1.29, 1.82) is 0 Å². The minimum atomic E-state index is 0.780. The quantitative estimate of drug-likeness (QED) is 0.752. The molecule has 84 valence electrons. The molecule has 0 saturated heterocycles. The molecule has 0 saturated carbocycles. The van der Waals surface area contributed by atoms with Gasteiger partial charge in [-0.2, -0.15) is 0 Å². The SMILES string of the molecule is S=C1NCCCN=C(Nc2ccccc2)S1. The molecule has 1 aromatic carbocycles. The van der Waals surface area contributed by atoms with Gasteiger partial charge >= 0.3 is 0 Å². The molecule has 0 aromatic heterocycles. The Balaban J connectivity index is 2.04. The maximum Gasteiger partial charge on any atom is 0.168 e. The Bertz CT molecular complexity index is 389. The number of hydrogen-bond acceptors (Lipinski definition) is 4. The highest BCUT2D eigenvalue weighted by Gasteiger charge is 2.07. The van der Waals surface area contributed by atoms with Crippen LogP contribution in [0, 0.1) is 0 Å². The molecule has 0 radical (unpaired) electrons. The largest absolute Gasteiger partial charge is 0.371 e. The molecule has 2 rings (SSSR count). The summed E-state index contributed by atoms with van der Waals surface area (Å²) in [6.45, 7) is 1.74. The molecule has 0 fully saturated rings. The zero-order valence-electron chi connectivity index (χ0n) is 8.77.